The second kappa shape index (κ2) is 9.48. The van der Waals surface area contributed by atoms with Gasteiger partial charge in [0.25, 0.3) is 5.91 Å². The van der Waals surface area contributed by atoms with Crippen molar-refractivity contribution in [1.29, 1.82) is 5.26 Å². The molecule has 2 N–H and O–H groups in total. The summed E-state index contributed by atoms with van der Waals surface area (Å²) in [6.07, 6.45) is 5.59. The highest BCUT2D eigenvalue weighted by atomic mass is 79.9. The van der Waals surface area contributed by atoms with Crippen molar-refractivity contribution in [3.8, 4) is 6.07 Å². The van der Waals surface area contributed by atoms with Crippen molar-refractivity contribution in [2.45, 2.75) is 13.0 Å². The Balaban J connectivity index is 1.80. The lowest BCUT2D eigenvalue weighted by molar-refractivity contribution is -0.117. The van der Waals surface area contributed by atoms with Crippen molar-refractivity contribution in [2.24, 2.45) is 0 Å². The summed E-state index contributed by atoms with van der Waals surface area (Å²) in [4.78, 5) is 16.0. The summed E-state index contributed by atoms with van der Waals surface area (Å²) in [5.74, 6) is -0.406. The molecule has 0 saturated heterocycles. The van der Waals surface area contributed by atoms with Crippen LogP contribution in [0.4, 0.5) is 0 Å². The van der Waals surface area contributed by atoms with Gasteiger partial charge < -0.3 is 10.6 Å². The van der Waals surface area contributed by atoms with Gasteiger partial charge in [0, 0.05) is 36.2 Å². The van der Waals surface area contributed by atoms with Crippen LogP contribution in [0.3, 0.4) is 0 Å². The molecule has 122 valence electrons. The van der Waals surface area contributed by atoms with Crippen molar-refractivity contribution in [2.75, 3.05) is 6.54 Å². The van der Waals surface area contributed by atoms with Gasteiger partial charge in [-0.25, -0.2) is 0 Å². The lowest BCUT2D eigenvalue weighted by Gasteiger charge is -2.05. The Hall–Kier alpha value is -2.65. The minimum Gasteiger partial charge on any atom is -0.389 e. The second-order valence-electron chi connectivity index (χ2n) is 5.05. The summed E-state index contributed by atoms with van der Waals surface area (Å²) in [6, 6.07) is 13.6. The van der Waals surface area contributed by atoms with Crippen LogP contribution in [0.1, 0.15) is 11.1 Å². The minimum absolute atomic E-state index is 0.0492. The highest BCUT2D eigenvalue weighted by Gasteiger charge is 2.08. The Morgan fingerprint density at radius 2 is 2.12 bits per heavy atom. The van der Waals surface area contributed by atoms with Crippen LogP contribution in [0.2, 0.25) is 0 Å². The predicted molar refractivity (Wildman–Crippen MR) is 95.6 cm³/mol. The number of hydrogen-bond donors (Lipinski definition) is 2. The number of aromatic nitrogens is 1. The van der Waals surface area contributed by atoms with E-state index < -0.39 is 5.91 Å². The normalized spacial score (nSPS) is 10.8. The van der Waals surface area contributed by atoms with Crippen LogP contribution in [0.15, 0.2) is 65.0 Å². The van der Waals surface area contributed by atoms with Crippen molar-refractivity contribution in [3.63, 3.8) is 0 Å². The highest BCUT2D eigenvalue weighted by molar-refractivity contribution is 9.10. The molecule has 0 unspecified atom stereocenters. The Bertz CT molecular complexity index is 753. The zero-order valence-corrected chi connectivity index (χ0v) is 14.6. The number of pyridine rings is 1. The fourth-order valence-corrected chi connectivity index (χ4v) is 2.46. The first-order chi connectivity index (χ1) is 11.7. The summed E-state index contributed by atoms with van der Waals surface area (Å²) < 4.78 is 1.03. The first-order valence-corrected chi connectivity index (χ1v) is 8.23. The largest absolute Gasteiger partial charge is 0.389 e. The van der Waals surface area contributed by atoms with Crippen LogP contribution in [0, 0.1) is 11.3 Å². The van der Waals surface area contributed by atoms with Gasteiger partial charge in [0.15, 0.2) is 0 Å². The number of nitrogens with zero attached hydrogens (tertiary/aromatic N) is 2. The van der Waals surface area contributed by atoms with E-state index in [2.05, 4.69) is 31.5 Å². The first-order valence-electron chi connectivity index (χ1n) is 7.44. The summed E-state index contributed by atoms with van der Waals surface area (Å²) in [7, 11) is 0. The number of carbonyl (C=O) groups excluding carboxylic acids is 1. The van der Waals surface area contributed by atoms with Gasteiger partial charge in [-0.2, -0.15) is 5.26 Å². The zero-order valence-electron chi connectivity index (χ0n) is 13.0. The molecule has 0 aliphatic heterocycles. The smallest absolute Gasteiger partial charge is 0.263 e. The third-order valence-electron chi connectivity index (χ3n) is 3.23. The van der Waals surface area contributed by atoms with Gasteiger partial charge in [-0.15, -0.1) is 0 Å². The molecule has 6 heteroatoms. The molecular weight excluding hydrogens is 368 g/mol. The molecular formula is C18H17BrN4O. The number of nitriles is 1. The van der Waals surface area contributed by atoms with E-state index in [-0.39, 0.29) is 5.57 Å². The second-order valence-corrected chi connectivity index (χ2v) is 5.96. The molecule has 0 atom stereocenters. The zero-order chi connectivity index (χ0) is 17.2. The molecule has 2 rings (SSSR count). The van der Waals surface area contributed by atoms with E-state index >= 15 is 0 Å². The fraction of sp³-hybridized carbons (Fsp3) is 0.167. The van der Waals surface area contributed by atoms with E-state index in [1.54, 1.807) is 18.5 Å². The Labute approximate surface area is 149 Å². The average Bonchev–Trinajstić information content (AvgIpc) is 2.61. The Morgan fingerprint density at radius 3 is 2.83 bits per heavy atom. The molecule has 1 amide bonds. The fourth-order valence-electron chi connectivity index (χ4n) is 2.01. The molecule has 0 saturated carbocycles. The quantitative estimate of drug-likeness (QED) is 0.437. The SMILES string of the molecule is N#C/C(=C/NCCc1cccc(Br)c1)C(=O)NCc1cccnc1. The molecule has 1 heterocycles. The van der Waals surface area contributed by atoms with Crippen molar-refractivity contribution >= 4 is 21.8 Å². The van der Waals surface area contributed by atoms with Gasteiger partial charge in [-0.05, 0) is 35.7 Å². The van der Waals surface area contributed by atoms with E-state index in [9.17, 15) is 4.79 Å². The third kappa shape index (κ3) is 5.86. The number of amides is 1. The standard InChI is InChI=1S/C18H17BrN4O/c19-17-5-1-3-14(9-17)6-8-22-13-16(10-20)18(24)23-12-15-4-2-7-21-11-15/h1-5,7,9,11,13,22H,6,8,12H2,(H,23,24)/b16-13-. The Morgan fingerprint density at radius 1 is 1.29 bits per heavy atom. The van der Waals surface area contributed by atoms with Crippen LogP contribution >= 0.6 is 15.9 Å². The maximum absolute atomic E-state index is 12.0. The topological polar surface area (TPSA) is 77.8 Å². The number of nitrogens with one attached hydrogen (secondary N) is 2. The van der Waals surface area contributed by atoms with Crippen LogP contribution in [0.25, 0.3) is 0 Å². The number of carbonyl (C=O) groups is 1. The van der Waals surface area contributed by atoms with Gasteiger partial charge in [0.2, 0.25) is 0 Å². The summed E-state index contributed by atoms with van der Waals surface area (Å²) in [5, 5.41) is 14.8. The van der Waals surface area contributed by atoms with E-state index in [1.165, 1.54) is 11.8 Å². The average molecular weight is 385 g/mol. The van der Waals surface area contributed by atoms with Crippen LogP contribution < -0.4 is 10.6 Å². The highest BCUT2D eigenvalue weighted by Crippen LogP contribution is 2.11. The molecule has 0 fully saturated rings. The number of benzene rings is 1. The lowest BCUT2D eigenvalue weighted by atomic mass is 10.1. The number of hydrogen-bond acceptors (Lipinski definition) is 4. The predicted octanol–water partition coefficient (Wildman–Crippen LogP) is 2.70. The summed E-state index contributed by atoms with van der Waals surface area (Å²) in [6.45, 7) is 0.973. The third-order valence-corrected chi connectivity index (χ3v) is 3.73. The van der Waals surface area contributed by atoms with E-state index in [4.69, 9.17) is 5.26 Å². The maximum atomic E-state index is 12.0. The van der Waals surface area contributed by atoms with E-state index in [1.807, 2.05) is 36.4 Å². The molecule has 2 aromatic rings. The molecule has 24 heavy (non-hydrogen) atoms. The summed E-state index contributed by atoms with van der Waals surface area (Å²) in [5.41, 5.74) is 2.10. The summed E-state index contributed by atoms with van der Waals surface area (Å²) >= 11 is 3.43. The van der Waals surface area contributed by atoms with Gasteiger partial charge in [-0.1, -0.05) is 34.1 Å². The molecule has 5 nitrogen and oxygen atoms in total. The number of rotatable bonds is 7. The van der Waals surface area contributed by atoms with Gasteiger partial charge in [0.05, 0.1) is 0 Å². The van der Waals surface area contributed by atoms with Crippen LogP contribution in [-0.4, -0.2) is 17.4 Å². The number of halogens is 1. The van der Waals surface area contributed by atoms with Gasteiger partial charge >= 0.3 is 0 Å². The molecule has 0 aliphatic carbocycles. The molecule has 0 spiro atoms. The maximum Gasteiger partial charge on any atom is 0.263 e. The molecule has 1 aromatic carbocycles. The van der Waals surface area contributed by atoms with Gasteiger partial charge in [-0.3, -0.25) is 9.78 Å². The van der Waals surface area contributed by atoms with E-state index in [0.29, 0.717) is 13.1 Å². The lowest BCUT2D eigenvalue weighted by Crippen LogP contribution is -2.25. The molecule has 0 aliphatic rings. The molecule has 1 aromatic heterocycles. The monoisotopic (exact) mass is 384 g/mol. The van der Waals surface area contributed by atoms with E-state index in [0.717, 1.165) is 16.5 Å². The van der Waals surface area contributed by atoms with Crippen LogP contribution in [0.5, 0.6) is 0 Å². The Kier molecular flexibility index (Phi) is 6.99. The van der Waals surface area contributed by atoms with Gasteiger partial charge in [0.1, 0.15) is 11.6 Å². The minimum atomic E-state index is -0.406. The molecule has 0 radical (unpaired) electrons. The first kappa shape index (κ1) is 17.7. The van der Waals surface area contributed by atoms with Crippen LogP contribution in [-0.2, 0) is 17.8 Å². The van der Waals surface area contributed by atoms with Crippen molar-refractivity contribution in [3.05, 3.63) is 76.2 Å². The molecule has 0 bridgehead atoms. The van der Waals surface area contributed by atoms with Crippen molar-refractivity contribution < 1.29 is 4.79 Å². The van der Waals surface area contributed by atoms with Crippen molar-refractivity contribution in [1.82, 2.24) is 15.6 Å².